The van der Waals surface area contributed by atoms with E-state index in [-0.39, 0.29) is 23.8 Å². The van der Waals surface area contributed by atoms with Gasteiger partial charge in [-0.15, -0.1) is 0 Å². The minimum absolute atomic E-state index is 0.0315. The summed E-state index contributed by atoms with van der Waals surface area (Å²) in [6, 6.07) is 5.78. The maximum atomic E-state index is 12.7. The molecule has 2 aromatic rings. The number of likely N-dealkylation sites (tertiary alicyclic amines) is 1. The van der Waals surface area contributed by atoms with Crippen LogP contribution >= 0.6 is 0 Å². The molecular weight excluding hydrogens is 328 g/mol. The summed E-state index contributed by atoms with van der Waals surface area (Å²) >= 11 is 0. The van der Waals surface area contributed by atoms with Crippen LogP contribution in [-0.2, 0) is 23.2 Å². The molecule has 6 nitrogen and oxygen atoms in total. The van der Waals surface area contributed by atoms with Crippen LogP contribution in [0.15, 0.2) is 18.2 Å². The molecule has 1 atom stereocenters. The highest BCUT2D eigenvalue weighted by atomic mass is 16.2. The first-order valence-electron chi connectivity index (χ1n) is 9.55. The van der Waals surface area contributed by atoms with Gasteiger partial charge < -0.3 is 14.8 Å². The van der Waals surface area contributed by atoms with Crippen molar-refractivity contribution in [2.75, 3.05) is 6.54 Å². The third-order valence-corrected chi connectivity index (χ3v) is 5.65. The molecule has 0 spiro atoms. The van der Waals surface area contributed by atoms with Crippen molar-refractivity contribution in [2.24, 2.45) is 13.0 Å². The molecule has 1 N–H and O–H groups in total. The Kier molecular flexibility index (Phi) is 4.42. The van der Waals surface area contributed by atoms with E-state index < -0.39 is 0 Å². The average Bonchev–Trinajstić information content (AvgIpc) is 3.46. The second kappa shape index (κ2) is 6.74. The Labute approximate surface area is 153 Å². The third kappa shape index (κ3) is 3.20. The van der Waals surface area contributed by atoms with Crippen molar-refractivity contribution in [3.05, 3.63) is 29.6 Å². The summed E-state index contributed by atoms with van der Waals surface area (Å²) in [4.78, 5) is 31.6. The van der Waals surface area contributed by atoms with Crippen LogP contribution in [0.25, 0.3) is 11.0 Å². The number of amides is 2. The summed E-state index contributed by atoms with van der Waals surface area (Å²) in [5.41, 5.74) is 3.06. The first-order valence-corrected chi connectivity index (χ1v) is 9.55. The second-order valence-electron chi connectivity index (χ2n) is 7.58. The van der Waals surface area contributed by atoms with Gasteiger partial charge in [-0.2, -0.15) is 0 Å². The van der Waals surface area contributed by atoms with E-state index in [2.05, 4.69) is 14.9 Å². The monoisotopic (exact) mass is 354 g/mol. The minimum Gasteiger partial charge on any atom is -0.350 e. The van der Waals surface area contributed by atoms with Crippen LogP contribution < -0.4 is 5.32 Å². The summed E-state index contributed by atoms with van der Waals surface area (Å²) in [5.74, 6) is 1.28. The Morgan fingerprint density at radius 1 is 1.23 bits per heavy atom. The molecule has 1 aliphatic heterocycles. The Hall–Kier alpha value is -2.37. The third-order valence-electron chi connectivity index (χ3n) is 5.65. The normalized spacial score (nSPS) is 20.4. The molecule has 0 radical (unpaired) electrons. The highest BCUT2D eigenvalue weighted by Gasteiger charge is 2.39. The number of hydrogen-bond donors (Lipinski definition) is 1. The van der Waals surface area contributed by atoms with Gasteiger partial charge in [-0.3, -0.25) is 9.59 Å². The number of nitrogens with one attached hydrogen (secondary N) is 1. The molecule has 2 fully saturated rings. The molecule has 26 heavy (non-hydrogen) atoms. The van der Waals surface area contributed by atoms with E-state index in [1.165, 1.54) is 0 Å². The van der Waals surface area contributed by atoms with Crippen molar-refractivity contribution in [1.29, 1.82) is 0 Å². The maximum Gasteiger partial charge on any atom is 0.243 e. The van der Waals surface area contributed by atoms with Crippen LogP contribution in [0.1, 0.15) is 43.5 Å². The van der Waals surface area contributed by atoms with Crippen LogP contribution in [0.2, 0.25) is 0 Å². The van der Waals surface area contributed by atoms with Gasteiger partial charge in [0.05, 0.1) is 11.0 Å². The van der Waals surface area contributed by atoms with Crippen LogP contribution in [-0.4, -0.2) is 38.9 Å². The largest absolute Gasteiger partial charge is 0.350 e. The number of piperidine rings is 1. The molecule has 1 aliphatic carbocycles. The zero-order chi connectivity index (χ0) is 18.3. The summed E-state index contributed by atoms with van der Waals surface area (Å²) < 4.78 is 2.06. The van der Waals surface area contributed by atoms with Crippen molar-refractivity contribution < 1.29 is 9.59 Å². The van der Waals surface area contributed by atoms with Crippen molar-refractivity contribution in [3.63, 3.8) is 0 Å². The van der Waals surface area contributed by atoms with E-state index in [9.17, 15) is 9.59 Å². The van der Waals surface area contributed by atoms with Gasteiger partial charge in [0.2, 0.25) is 11.8 Å². The first kappa shape index (κ1) is 17.1. The number of aromatic nitrogens is 2. The first-order chi connectivity index (χ1) is 12.5. The number of fused-ring (bicyclic) bond motifs is 1. The van der Waals surface area contributed by atoms with Gasteiger partial charge in [0.1, 0.15) is 11.9 Å². The van der Waals surface area contributed by atoms with Crippen molar-refractivity contribution in [3.8, 4) is 0 Å². The van der Waals surface area contributed by atoms with Gasteiger partial charge in [0.15, 0.2) is 0 Å². The number of imidazole rings is 1. The lowest BCUT2D eigenvalue weighted by Gasteiger charge is -2.35. The highest BCUT2D eigenvalue weighted by Crippen LogP contribution is 2.33. The average molecular weight is 354 g/mol. The van der Waals surface area contributed by atoms with Gasteiger partial charge in [0, 0.05) is 26.1 Å². The predicted octanol–water partition coefficient (Wildman–Crippen LogP) is 2.29. The molecule has 2 aliphatic rings. The molecule has 0 bridgehead atoms. The highest BCUT2D eigenvalue weighted by molar-refractivity contribution is 5.89. The van der Waals surface area contributed by atoms with Crippen LogP contribution in [0, 0.1) is 12.8 Å². The van der Waals surface area contributed by atoms with Crippen LogP contribution in [0.3, 0.4) is 0 Å². The smallest absolute Gasteiger partial charge is 0.243 e. The Bertz CT molecular complexity index is 853. The second-order valence-corrected chi connectivity index (χ2v) is 7.58. The van der Waals surface area contributed by atoms with Gasteiger partial charge in [0.25, 0.3) is 0 Å². The number of nitrogens with zero attached hydrogens (tertiary/aromatic N) is 3. The number of aryl methyl sites for hydroxylation is 2. The number of carbonyl (C=O) groups is 2. The minimum atomic E-state index is -0.308. The lowest BCUT2D eigenvalue weighted by Crippen LogP contribution is -2.52. The van der Waals surface area contributed by atoms with Gasteiger partial charge >= 0.3 is 0 Å². The number of benzene rings is 1. The molecule has 0 unspecified atom stereocenters. The molecule has 1 saturated heterocycles. The molecule has 1 aromatic heterocycles. The lowest BCUT2D eigenvalue weighted by molar-refractivity contribution is -0.143. The number of rotatable bonds is 4. The summed E-state index contributed by atoms with van der Waals surface area (Å²) in [6.07, 6.45) is 4.73. The van der Waals surface area contributed by atoms with Crippen LogP contribution in [0.5, 0.6) is 0 Å². The molecular formula is C20H26N4O2. The van der Waals surface area contributed by atoms with E-state index in [0.717, 1.165) is 54.5 Å². The fraction of sp³-hybridized carbons (Fsp3) is 0.550. The molecule has 1 aromatic carbocycles. The molecule has 6 heteroatoms. The number of hydrogen-bond acceptors (Lipinski definition) is 3. The topological polar surface area (TPSA) is 67.2 Å². The Balaban J connectivity index is 1.43. The fourth-order valence-electron chi connectivity index (χ4n) is 3.82. The molecule has 1 saturated carbocycles. The summed E-state index contributed by atoms with van der Waals surface area (Å²) in [6.45, 7) is 3.16. The van der Waals surface area contributed by atoms with Gasteiger partial charge in [-0.05, 0) is 56.7 Å². The van der Waals surface area contributed by atoms with Gasteiger partial charge in [-0.1, -0.05) is 6.07 Å². The van der Waals surface area contributed by atoms with E-state index >= 15 is 0 Å². The zero-order valence-electron chi connectivity index (χ0n) is 15.5. The van der Waals surface area contributed by atoms with E-state index in [4.69, 9.17) is 0 Å². The quantitative estimate of drug-likeness (QED) is 0.916. The standard InChI is InChI=1S/C20H26N4O2/c1-13-22-16-11-14(6-9-17(16)23(13)2)12-21-19(25)18-5-3-4-10-24(18)20(26)15-7-8-15/h6,9,11,15,18H,3-5,7-8,10,12H2,1-2H3,(H,21,25)/t18-/m0/s1. The lowest BCUT2D eigenvalue weighted by atomic mass is 10.0. The van der Waals surface area contributed by atoms with Crippen molar-refractivity contribution in [1.82, 2.24) is 19.8 Å². The predicted molar refractivity (Wildman–Crippen MR) is 99.4 cm³/mol. The fourth-order valence-corrected chi connectivity index (χ4v) is 3.82. The molecule has 2 amide bonds. The molecule has 2 heterocycles. The van der Waals surface area contributed by atoms with Crippen molar-refractivity contribution >= 4 is 22.8 Å². The van der Waals surface area contributed by atoms with E-state index in [1.807, 2.05) is 37.1 Å². The SMILES string of the molecule is Cc1nc2cc(CNC(=O)[C@@H]3CCCCN3C(=O)C3CC3)ccc2n1C. The molecule has 138 valence electrons. The number of carbonyl (C=O) groups excluding carboxylic acids is 2. The molecule has 4 rings (SSSR count). The Morgan fingerprint density at radius 3 is 2.81 bits per heavy atom. The van der Waals surface area contributed by atoms with Crippen molar-refractivity contribution in [2.45, 2.75) is 51.6 Å². The zero-order valence-corrected chi connectivity index (χ0v) is 15.5. The van der Waals surface area contributed by atoms with Gasteiger partial charge in [-0.25, -0.2) is 4.98 Å². The van der Waals surface area contributed by atoms with E-state index in [0.29, 0.717) is 13.1 Å². The van der Waals surface area contributed by atoms with Crippen LogP contribution in [0.4, 0.5) is 0 Å². The summed E-state index contributed by atoms with van der Waals surface area (Å²) in [5, 5.41) is 3.03. The summed E-state index contributed by atoms with van der Waals surface area (Å²) in [7, 11) is 2.00. The van der Waals surface area contributed by atoms with E-state index in [1.54, 1.807) is 0 Å². The Morgan fingerprint density at radius 2 is 2.04 bits per heavy atom. The maximum absolute atomic E-state index is 12.7.